The molecule has 0 spiro atoms. The zero-order chi connectivity index (χ0) is 23.0. The molecule has 1 aliphatic carbocycles. The van der Waals surface area contributed by atoms with E-state index in [9.17, 15) is 15.0 Å². The predicted octanol–water partition coefficient (Wildman–Crippen LogP) is 2.65. The number of aromatic nitrogens is 2. The van der Waals surface area contributed by atoms with E-state index < -0.39 is 17.6 Å². The van der Waals surface area contributed by atoms with Gasteiger partial charge in [0.1, 0.15) is 11.8 Å². The van der Waals surface area contributed by atoms with Crippen molar-refractivity contribution in [1.82, 2.24) is 9.78 Å². The van der Waals surface area contributed by atoms with E-state index >= 15 is 0 Å². The van der Waals surface area contributed by atoms with Crippen molar-refractivity contribution in [3.63, 3.8) is 0 Å². The van der Waals surface area contributed by atoms with Gasteiger partial charge in [-0.2, -0.15) is 5.10 Å². The summed E-state index contributed by atoms with van der Waals surface area (Å²) in [6.07, 6.45) is 11.2. The molecule has 4 rings (SSSR count). The van der Waals surface area contributed by atoms with E-state index in [2.05, 4.69) is 0 Å². The molecule has 1 amide bonds. The zero-order valence-electron chi connectivity index (χ0n) is 18.9. The van der Waals surface area contributed by atoms with Crippen molar-refractivity contribution in [2.75, 3.05) is 18.6 Å². The first kappa shape index (κ1) is 22.4. The van der Waals surface area contributed by atoms with E-state index in [0.717, 1.165) is 36.6 Å². The van der Waals surface area contributed by atoms with Gasteiger partial charge >= 0.3 is 0 Å². The number of rotatable bonds is 6. The van der Waals surface area contributed by atoms with Gasteiger partial charge in [-0.05, 0) is 57.6 Å². The van der Waals surface area contributed by atoms with Gasteiger partial charge in [-0.1, -0.05) is 12.2 Å². The molecule has 1 unspecified atom stereocenters. The molecule has 2 heterocycles. The maximum absolute atomic E-state index is 12.3. The van der Waals surface area contributed by atoms with Crippen molar-refractivity contribution in [3.05, 3.63) is 42.3 Å². The normalized spacial score (nSPS) is 24.0. The lowest BCUT2D eigenvalue weighted by atomic mass is 9.87. The van der Waals surface area contributed by atoms with Crippen LogP contribution in [-0.2, 0) is 4.79 Å². The molecular weight excluding hydrogens is 408 g/mol. The molecule has 4 N–H and O–H groups in total. The van der Waals surface area contributed by atoms with Crippen LogP contribution in [0.15, 0.2) is 42.3 Å². The molecule has 172 valence electrons. The van der Waals surface area contributed by atoms with Crippen molar-refractivity contribution in [1.29, 1.82) is 0 Å². The lowest BCUT2D eigenvalue weighted by molar-refractivity contribution is -0.118. The van der Waals surface area contributed by atoms with Gasteiger partial charge in [0.2, 0.25) is 5.91 Å². The highest BCUT2D eigenvalue weighted by atomic mass is 16.5. The third-order valence-corrected chi connectivity index (χ3v) is 6.53. The monoisotopic (exact) mass is 440 g/mol. The van der Waals surface area contributed by atoms with Crippen molar-refractivity contribution in [2.45, 2.75) is 57.2 Å². The SMILES string of the molecule is COc1cc2nn(C3CCC(CO)CC3)cc2cc1N1C(C(C)(C)O)=CC=CC1C(N)=O. The van der Waals surface area contributed by atoms with Crippen LogP contribution in [0.25, 0.3) is 10.9 Å². The van der Waals surface area contributed by atoms with Gasteiger partial charge < -0.3 is 25.6 Å². The molecule has 1 fully saturated rings. The van der Waals surface area contributed by atoms with Crippen LogP contribution >= 0.6 is 0 Å². The Morgan fingerprint density at radius 1 is 1.28 bits per heavy atom. The molecule has 8 heteroatoms. The number of aliphatic hydroxyl groups excluding tert-OH is 1. The number of aliphatic hydroxyl groups is 2. The number of nitrogens with zero attached hydrogens (tertiary/aromatic N) is 3. The first-order valence-corrected chi connectivity index (χ1v) is 11.1. The minimum atomic E-state index is -1.20. The fourth-order valence-electron chi connectivity index (χ4n) is 4.76. The third kappa shape index (κ3) is 4.12. The van der Waals surface area contributed by atoms with Crippen molar-refractivity contribution < 1.29 is 19.7 Å². The zero-order valence-corrected chi connectivity index (χ0v) is 18.9. The quantitative estimate of drug-likeness (QED) is 0.636. The molecular formula is C24H32N4O4. The van der Waals surface area contributed by atoms with Crippen LogP contribution in [0.1, 0.15) is 45.6 Å². The van der Waals surface area contributed by atoms with Crippen LogP contribution in [0.3, 0.4) is 0 Å². The van der Waals surface area contributed by atoms with Crippen LogP contribution in [0.4, 0.5) is 5.69 Å². The second kappa shape index (κ2) is 8.60. The molecule has 1 aromatic heterocycles. The molecule has 1 atom stereocenters. The maximum Gasteiger partial charge on any atom is 0.244 e. The highest BCUT2D eigenvalue weighted by Crippen LogP contribution is 2.40. The number of fused-ring (bicyclic) bond motifs is 1. The first-order valence-electron chi connectivity index (χ1n) is 11.1. The van der Waals surface area contributed by atoms with Crippen molar-refractivity contribution in [2.24, 2.45) is 11.7 Å². The number of carbonyl (C=O) groups excluding carboxylic acids is 1. The molecule has 0 bridgehead atoms. The van der Waals surface area contributed by atoms with E-state index in [4.69, 9.17) is 15.6 Å². The smallest absolute Gasteiger partial charge is 0.244 e. The largest absolute Gasteiger partial charge is 0.494 e. The summed E-state index contributed by atoms with van der Waals surface area (Å²) in [5.74, 6) is 0.408. The second-order valence-electron chi connectivity index (χ2n) is 9.26. The first-order chi connectivity index (χ1) is 15.2. The van der Waals surface area contributed by atoms with Crippen LogP contribution in [-0.4, -0.2) is 51.3 Å². The predicted molar refractivity (Wildman–Crippen MR) is 123 cm³/mol. The highest BCUT2D eigenvalue weighted by Gasteiger charge is 2.36. The number of benzene rings is 1. The summed E-state index contributed by atoms with van der Waals surface area (Å²) in [6.45, 7) is 3.60. The molecule has 1 aromatic carbocycles. The molecule has 32 heavy (non-hydrogen) atoms. The number of hydrogen-bond acceptors (Lipinski definition) is 6. The Kier molecular flexibility index (Phi) is 6.01. The van der Waals surface area contributed by atoms with Gasteiger partial charge in [0.15, 0.2) is 0 Å². The fourth-order valence-corrected chi connectivity index (χ4v) is 4.76. The molecule has 0 saturated heterocycles. The van der Waals surface area contributed by atoms with E-state index in [1.54, 1.807) is 44.1 Å². The van der Waals surface area contributed by atoms with E-state index in [1.165, 1.54) is 0 Å². The summed E-state index contributed by atoms with van der Waals surface area (Å²) in [4.78, 5) is 14.0. The number of primary amides is 1. The maximum atomic E-state index is 12.3. The van der Waals surface area contributed by atoms with Crippen LogP contribution < -0.4 is 15.4 Å². The number of amides is 1. The van der Waals surface area contributed by atoms with Crippen molar-refractivity contribution >= 4 is 22.5 Å². The van der Waals surface area contributed by atoms with Crippen LogP contribution in [0.2, 0.25) is 0 Å². The fraction of sp³-hybridized carbons (Fsp3) is 0.500. The number of allylic oxidation sites excluding steroid dienone is 2. The van der Waals surface area contributed by atoms with Crippen LogP contribution in [0.5, 0.6) is 5.75 Å². The topological polar surface area (TPSA) is 114 Å². The molecule has 2 aliphatic rings. The Bertz CT molecular complexity index is 1060. The Morgan fingerprint density at radius 2 is 2.00 bits per heavy atom. The summed E-state index contributed by atoms with van der Waals surface area (Å²) < 4.78 is 7.69. The summed E-state index contributed by atoms with van der Waals surface area (Å²) in [5, 5.41) is 25.9. The standard InChI is InChI=1S/C24H32N4O4/c1-24(2,31)22-6-4-5-19(23(25)30)28(22)20-11-16-13-27(26-18(16)12-21(20)32-3)17-9-7-15(14-29)8-10-17/h4-6,11-13,15,17,19,29,31H,7-10,14H2,1-3H3,(H2,25,30). The number of anilines is 1. The van der Waals surface area contributed by atoms with E-state index in [-0.39, 0.29) is 6.61 Å². The Hall–Kier alpha value is -2.84. The van der Waals surface area contributed by atoms with Gasteiger partial charge in [-0.3, -0.25) is 9.48 Å². The average Bonchev–Trinajstić information content (AvgIpc) is 3.20. The number of hydrogen-bond donors (Lipinski definition) is 3. The number of ether oxygens (including phenoxy) is 1. The van der Waals surface area contributed by atoms with Gasteiger partial charge in [0.25, 0.3) is 0 Å². The lowest BCUT2D eigenvalue weighted by Crippen LogP contribution is -2.49. The van der Waals surface area contributed by atoms with Gasteiger partial charge in [0, 0.05) is 24.3 Å². The Morgan fingerprint density at radius 3 is 2.59 bits per heavy atom. The highest BCUT2D eigenvalue weighted by molar-refractivity contribution is 5.92. The summed E-state index contributed by atoms with van der Waals surface area (Å²) >= 11 is 0. The summed E-state index contributed by atoms with van der Waals surface area (Å²) in [7, 11) is 1.57. The van der Waals surface area contributed by atoms with Gasteiger partial charge in [-0.15, -0.1) is 0 Å². The lowest BCUT2D eigenvalue weighted by Gasteiger charge is -2.39. The molecule has 8 nitrogen and oxygen atoms in total. The molecule has 0 radical (unpaired) electrons. The van der Waals surface area contributed by atoms with Crippen LogP contribution in [0, 0.1) is 5.92 Å². The minimum Gasteiger partial charge on any atom is -0.494 e. The number of nitrogens with two attached hydrogens (primary N) is 1. The summed E-state index contributed by atoms with van der Waals surface area (Å²) in [5.41, 5.74) is 6.51. The molecule has 1 aliphatic heterocycles. The number of methoxy groups -OCH3 is 1. The average molecular weight is 441 g/mol. The van der Waals surface area contributed by atoms with E-state index in [0.29, 0.717) is 29.1 Å². The molecule has 2 aromatic rings. The second-order valence-corrected chi connectivity index (χ2v) is 9.26. The Labute approximate surface area is 187 Å². The summed E-state index contributed by atoms with van der Waals surface area (Å²) in [6, 6.07) is 3.34. The van der Waals surface area contributed by atoms with E-state index in [1.807, 2.05) is 23.0 Å². The van der Waals surface area contributed by atoms with Gasteiger partial charge in [0.05, 0.1) is 35.7 Å². The van der Waals surface area contributed by atoms with Crippen molar-refractivity contribution in [3.8, 4) is 5.75 Å². The Balaban J connectivity index is 1.77. The third-order valence-electron chi connectivity index (χ3n) is 6.53. The van der Waals surface area contributed by atoms with Gasteiger partial charge in [-0.25, -0.2) is 0 Å². The number of carbonyl (C=O) groups is 1. The molecule has 1 saturated carbocycles. The minimum absolute atomic E-state index is 0.247.